The van der Waals surface area contributed by atoms with Crippen molar-refractivity contribution < 1.29 is 19.1 Å². The van der Waals surface area contributed by atoms with Crippen LogP contribution in [0.5, 0.6) is 11.5 Å². The molecule has 0 atom stereocenters. The van der Waals surface area contributed by atoms with Crippen LogP contribution in [-0.2, 0) is 16.0 Å². The standard InChI is InChI=1S/C21H26N2O4/c1-14-9-15(2)11-17(10-14)23-21(25)13-22-20(24)8-6-16-5-7-18(26-3)19(12-16)27-4/h5,7,9-12H,6,8,13H2,1-4H3,(H,22,24)(H,23,25). The summed E-state index contributed by atoms with van der Waals surface area (Å²) in [7, 11) is 3.15. The van der Waals surface area contributed by atoms with Crippen LogP contribution in [0.1, 0.15) is 23.1 Å². The molecule has 27 heavy (non-hydrogen) atoms. The Labute approximate surface area is 159 Å². The number of anilines is 1. The van der Waals surface area contributed by atoms with Gasteiger partial charge in [-0.1, -0.05) is 12.1 Å². The molecule has 2 rings (SSSR count). The van der Waals surface area contributed by atoms with Crippen molar-refractivity contribution in [3.63, 3.8) is 0 Å². The van der Waals surface area contributed by atoms with Crippen LogP contribution >= 0.6 is 0 Å². The van der Waals surface area contributed by atoms with Crippen LogP contribution in [0.2, 0.25) is 0 Å². The van der Waals surface area contributed by atoms with Gasteiger partial charge in [0.1, 0.15) is 0 Å². The smallest absolute Gasteiger partial charge is 0.243 e. The van der Waals surface area contributed by atoms with Gasteiger partial charge in [0.25, 0.3) is 0 Å². The van der Waals surface area contributed by atoms with Crippen molar-refractivity contribution >= 4 is 17.5 Å². The number of amides is 2. The Kier molecular flexibility index (Phi) is 7.23. The zero-order chi connectivity index (χ0) is 19.8. The van der Waals surface area contributed by atoms with E-state index in [0.717, 1.165) is 22.4 Å². The van der Waals surface area contributed by atoms with E-state index in [1.165, 1.54) is 0 Å². The summed E-state index contributed by atoms with van der Waals surface area (Å²) < 4.78 is 10.5. The zero-order valence-corrected chi connectivity index (χ0v) is 16.2. The Morgan fingerprint density at radius 1 is 0.889 bits per heavy atom. The molecule has 0 heterocycles. The second kappa shape index (κ2) is 9.62. The molecule has 0 aliphatic rings. The highest BCUT2D eigenvalue weighted by Gasteiger charge is 2.09. The quantitative estimate of drug-likeness (QED) is 0.749. The molecule has 6 heteroatoms. The van der Waals surface area contributed by atoms with Crippen molar-refractivity contribution in [2.24, 2.45) is 0 Å². The molecule has 0 bridgehead atoms. The lowest BCUT2D eigenvalue weighted by molar-refractivity contribution is -0.124. The highest BCUT2D eigenvalue weighted by molar-refractivity contribution is 5.94. The number of ether oxygens (including phenoxy) is 2. The Morgan fingerprint density at radius 2 is 1.56 bits per heavy atom. The maximum atomic E-state index is 12.0. The van der Waals surface area contributed by atoms with Gasteiger partial charge in [-0.15, -0.1) is 0 Å². The summed E-state index contributed by atoms with van der Waals surface area (Å²) in [4.78, 5) is 24.0. The Morgan fingerprint density at radius 3 is 2.19 bits per heavy atom. The topological polar surface area (TPSA) is 76.7 Å². The Balaban J connectivity index is 1.79. The van der Waals surface area contributed by atoms with Crippen LogP contribution in [0.15, 0.2) is 36.4 Å². The van der Waals surface area contributed by atoms with Crippen LogP contribution in [0.3, 0.4) is 0 Å². The molecule has 2 amide bonds. The number of methoxy groups -OCH3 is 2. The lowest BCUT2D eigenvalue weighted by atomic mass is 10.1. The summed E-state index contributed by atoms with van der Waals surface area (Å²) >= 11 is 0. The van der Waals surface area contributed by atoms with Gasteiger partial charge in [-0.2, -0.15) is 0 Å². The first-order valence-corrected chi connectivity index (χ1v) is 8.77. The van der Waals surface area contributed by atoms with E-state index in [1.54, 1.807) is 14.2 Å². The van der Waals surface area contributed by atoms with Gasteiger partial charge in [-0.3, -0.25) is 9.59 Å². The number of hydrogen-bond donors (Lipinski definition) is 2. The van der Waals surface area contributed by atoms with Gasteiger partial charge in [0.05, 0.1) is 20.8 Å². The van der Waals surface area contributed by atoms with Crippen LogP contribution in [0.25, 0.3) is 0 Å². The number of benzene rings is 2. The van der Waals surface area contributed by atoms with E-state index in [0.29, 0.717) is 17.9 Å². The predicted molar refractivity (Wildman–Crippen MR) is 105 cm³/mol. The van der Waals surface area contributed by atoms with Crippen molar-refractivity contribution in [1.29, 1.82) is 0 Å². The third kappa shape index (κ3) is 6.33. The molecule has 2 aromatic carbocycles. The minimum atomic E-state index is -0.250. The SMILES string of the molecule is COc1ccc(CCC(=O)NCC(=O)Nc2cc(C)cc(C)c2)cc1OC. The first kappa shape index (κ1) is 20.3. The number of rotatable bonds is 8. The van der Waals surface area contributed by atoms with E-state index in [1.807, 2.05) is 50.2 Å². The molecule has 0 saturated carbocycles. The van der Waals surface area contributed by atoms with Crippen molar-refractivity contribution in [2.45, 2.75) is 26.7 Å². The fraction of sp³-hybridized carbons (Fsp3) is 0.333. The molecular weight excluding hydrogens is 344 g/mol. The number of nitrogens with one attached hydrogen (secondary N) is 2. The number of carbonyl (C=O) groups is 2. The average molecular weight is 370 g/mol. The third-order valence-electron chi connectivity index (χ3n) is 4.04. The van der Waals surface area contributed by atoms with Crippen molar-refractivity contribution in [3.05, 3.63) is 53.1 Å². The van der Waals surface area contributed by atoms with E-state index in [9.17, 15) is 9.59 Å². The van der Waals surface area contributed by atoms with Gasteiger partial charge < -0.3 is 20.1 Å². The van der Waals surface area contributed by atoms with Gasteiger partial charge in [0.15, 0.2) is 11.5 Å². The summed E-state index contributed by atoms with van der Waals surface area (Å²) in [5.41, 5.74) is 3.84. The van der Waals surface area contributed by atoms with Gasteiger partial charge in [-0.25, -0.2) is 0 Å². The molecule has 0 unspecified atom stereocenters. The molecule has 0 spiro atoms. The molecule has 0 aromatic heterocycles. The normalized spacial score (nSPS) is 10.2. The monoisotopic (exact) mass is 370 g/mol. The molecule has 144 valence electrons. The second-order valence-corrected chi connectivity index (χ2v) is 6.39. The number of aryl methyl sites for hydroxylation is 3. The molecular formula is C21H26N2O4. The molecule has 6 nitrogen and oxygen atoms in total. The summed E-state index contributed by atoms with van der Waals surface area (Å²) in [6.07, 6.45) is 0.831. The zero-order valence-electron chi connectivity index (χ0n) is 16.2. The van der Waals surface area contributed by atoms with Gasteiger partial charge in [0, 0.05) is 12.1 Å². The van der Waals surface area contributed by atoms with Crippen molar-refractivity contribution in [3.8, 4) is 11.5 Å². The molecule has 2 N–H and O–H groups in total. The minimum Gasteiger partial charge on any atom is -0.493 e. The molecule has 0 fully saturated rings. The maximum absolute atomic E-state index is 12.0. The fourth-order valence-corrected chi connectivity index (χ4v) is 2.81. The Hall–Kier alpha value is -3.02. The molecule has 2 aromatic rings. The third-order valence-corrected chi connectivity index (χ3v) is 4.04. The summed E-state index contributed by atoms with van der Waals surface area (Å²) in [5.74, 6) is 0.844. The minimum absolute atomic E-state index is 0.0578. The number of carbonyl (C=O) groups excluding carboxylic acids is 2. The van der Waals surface area contributed by atoms with Gasteiger partial charge in [0.2, 0.25) is 11.8 Å². The van der Waals surface area contributed by atoms with E-state index in [4.69, 9.17) is 9.47 Å². The van der Waals surface area contributed by atoms with Gasteiger partial charge in [-0.05, 0) is 61.2 Å². The largest absolute Gasteiger partial charge is 0.493 e. The molecule has 0 saturated heterocycles. The first-order chi connectivity index (χ1) is 12.9. The summed E-state index contributed by atoms with van der Waals surface area (Å²) in [6, 6.07) is 11.4. The lowest BCUT2D eigenvalue weighted by Crippen LogP contribution is -2.33. The molecule has 0 aliphatic heterocycles. The Bertz CT molecular complexity index is 798. The van der Waals surface area contributed by atoms with Gasteiger partial charge >= 0.3 is 0 Å². The van der Waals surface area contributed by atoms with Crippen LogP contribution in [-0.4, -0.2) is 32.6 Å². The second-order valence-electron chi connectivity index (χ2n) is 6.39. The summed E-state index contributed by atoms with van der Waals surface area (Å²) in [5, 5.41) is 5.44. The van der Waals surface area contributed by atoms with E-state index >= 15 is 0 Å². The lowest BCUT2D eigenvalue weighted by Gasteiger charge is -2.10. The summed E-state index contributed by atoms with van der Waals surface area (Å²) in [6.45, 7) is 3.88. The van der Waals surface area contributed by atoms with Crippen molar-refractivity contribution in [1.82, 2.24) is 5.32 Å². The van der Waals surface area contributed by atoms with E-state index in [2.05, 4.69) is 10.6 Å². The van der Waals surface area contributed by atoms with E-state index < -0.39 is 0 Å². The van der Waals surface area contributed by atoms with Crippen LogP contribution < -0.4 is 20.1 Å². The highest BCUT2D eigenvalue weighted by Crippen LogP contribution is 2.27. The van der Waals surface area contributed by atoms with Crippen LogP contribution in [0, 0.1) is 13.8 Å². The fourth-order valence-electron chi connectivity index (χ4n) is 2.81. The predicted octanol–water partition coefficient (Wildman–Crippen LogP) is 3.01. The molecule has 0 radical (unpaired) electrons. The average Bonchev–Trinajstić information content (AvgIpc) is 2.63. The molecule has 0 aliphatic carbocycles. The first-order valence-electron chi connectivity index (χ1n) is 8.77. The van der Waals surface area contributed by atoms with E-state index in [-0.39, 0.29) is 24.8 Å². The highest BCUT2D eigenvalue weighted by atomic mass is 16.5. The van der Waals surface area contributed by atoms with Crippen LogP contribution in [0.4, 0.5) is 5.69 Å². The maximum Gasteiger partial charge on any atom is 0.243 e. The van der Waals surface area contributed by atoms with Crippen molar-refractivity contribution in [2.75, 3.05) is 26.1 Å². The number of hydrogen-bond acceptors (Lipinski definition) is 4.